The molecule has 0 saturated heterocycles. The predicted octanol–water partition coefficient (Wildman–Crippen LogP) is 3.36. The van der Waals surface area contributed by atoms with Crippen molar-refractivity contribution in [1.82, 2.24) is 24.6 Å². The van der Waals surface area contributed by atoms with Gasteiger partial charge in [-0.05, 0) is 25.2 Å². The van der Waals surface area contributed by atoms with Crippen molar-refractivity contribution >= 4 is 16.9 Å². The van der Waals surface area contributed by atoms with Gasteiger partial charge in [-0.2, -0.15) is 5.10 Å². The van der Waals surface area contributed by atoms with Crippen LogP contribution in [0.3, 0.4) is 0 Å². The summed E-state index contributed by atoms with van der Waals surface area (Å²) >= 11 is 0. The summed E-state index contributed by atoms with van der Waals surface area (Å²) < 4.78 is 1.82. The van der Waals surface area contributed by atoms with E-state index < -0.39 is 0 Å². The number of fused-ring (bicyclic) bond motifs is 1. The molecule has 0 bridgehead atoms. The van der Waals surface area contributed by atoms with Crippen LogP contribution in [0.4, 0.5) is 5.82 Å². The van der Waals surface area contributed by atoms with Crippen LogP contribution in [0.2, 0.25) is 0 Å². The number of aryl methyl sites for hydroxylation is 1. The zero-order valence-electron chi connectivity index (χ0n) is 17.5. The third-order valence-electron chi connectivity index (χ3n) is 4.62. The lowest BCUT2D eigenvalue weighted by molar-refractivity contribution is 0.401. The SMILES string of the molecule is CN(C)Cc1ccccc1CN(C)c1nc(C(C)(C)C)nc2c1cnn2C. The molecule has 0 saturated carbocycles. The van der Waals surface area contributed by atoms with E-state index in [1.807, 2.05) is 17.9 Å². The molecule has 0 amide bonds. The molecule has 3 aromatic rings. The van der Waals surface area contributed by atoms with Crippen molar-refractivity contribution in [1.29, 1.82) is 0 Å². The fraction of sp³-hybridized carbons (Fsp3) is 0.476. The van der Waals surface area contributed by atoms with Gasteiger partial charge in [-0.3, -0.25) is 4.68 Å². The molecule has 0 atom stereocenters. The van der Waals surface area contributed by atoms with Gasteiger partial charge in [0.15, 0.2) is 5.65 Å². The lowest BCUT2D eigenvalue weighted by Gasteiger charge is -2.24. The summed E-state index contributed by atoms with van der Waals surface area (Å²) in [4.78, 5) is 14.1. The molecule has 0 N–H and O–H groups in total. The minimum Gasteiger partial charge on any atom is -0.355 e. The molecule has 0 aliphatic heterocycles. The summed E-state index contributed by atoms with van der Waals surface area (Å²) in [5, 5.41) is 5.39. The third-order valence-corrected chi connectivity index (χ3v) is 4.62. The van der Waals surface area contributed by atoms with Crippen molar-refractivity contribution in [2.45, 2.75) is 39.3 Å². The molecule has 1 aromatic carbocycles. The van der Waals surface area contributed by atoms with Crippen LogP contribution in [-0.4, -0.2) is 45.8 Å². The molecule has 0 aliphatic carbocycles. The maximum absolute atomic E-state index is 4.92. The zero-order chi connectivity index (χ0) is 19.8. The molecular formula is C21H30N6. The molecular weight excluding hydrogens is 336 g/mol. The smallest absolute Gasteiger partial charge is 0.163 e. The summed E-state index contributed by atoms with van der Waals surface area (Å²) in [6, 6.07) is 8.59. The average molecular weight is 367 g/mol. The molecule has 0 radical (unpaired) electrons. The lowest BCUT2D eigenvalue weighted by atomic mass is 9.95. The molecule has 2 heterocycles. The largest absolute Gasteiger partial charge is 0.355 e. The van der Waals surface area contributed by atoms with E-state index >= 15 is 0 Å². The number of aromatic nitrogens is 4. The standard InChI is InChI=1S/C21H30N6/c1-21(2,3)20-23-18(17-12-22-27(7)19(17)24-20)26(6)14-16-11-9-8-10-15(16)13-25(4)5/h8-12H,13-14H2,1-7H3. The fourth-order valence-corrected chi connectivity index (χ4v) is 3.17. The van der Waals surface area contributed by atoms with Gasteiger partial charge in [0.25, 0.3) is 0 Å². The number of anilines is 1. The van der Waals surface area contributed by atoms with Gasteiger partial charge in [-0.25, -0.2) is 9.97 Å². The molecule has 2 aromatic heterocycles. The molecule has 27 heavy (non-hydrogen) atoms. The normalized spacial score (nSPS) is 12.1. The van der Waals surface area contributed by atoms with Crippen molar-refractivity contribution in [2.75, 3.05) is 26.0 Å². The van der Waals surface area contributed by atoms with Gasteiger partial charge >= 0.3 is 0 Å². The second kappa shape index (κ2) is 7.27. The highest BCUT2D eigenvalue weighted by Gasteiger charge is 2.23. The van der Waals surface area contributed by atoms with Crippen molar-refractivity contribution in [3.63, 3.8) is 0 Å². The maximum atomic E-state index is 4.92. The van der Waals surface area contributed by atoms with Crippen molar-refractivity contribution in [3.8, 4) is 0 Å². The molecule has 0 unspecified atom stereocenters. The molecule has 6 heteroatoms. The number of rotatable bonds is 5. The Kier molecular flexibility index (Phi) is 5.20. The van der Waals surface area contributed by atoms with Crippen LogP contribution in [0.1, 0.15) is 37.7 Å². The van der Waals surface area contributed by atoms with E-state index in [4.69, 9.17) is 9.97 Å². The first-order valence-electron chi connectivity index (χ1n) is 9.29. The average Bonchev–Trinajstić information content (AvgIpc) is 2.96. The van der Waals surface area contributed by atoms with E-state index in [1.54, 1.807) is 0 Å². The van der Waals surface area contributed by atoms with E-state index in [1.165, 1.54) is 11.1 Å². The second-order valence-electron chi connectivity index (χ2n) is 8.49. The fourth-order valence-electron chi connectivity index (χ4n) is 3.17. The van der Waals surface area contributed by atoms with Gasteiger partial charge in [0.1, 0.15) is 11.6 Å². The van der Waals surface area contributed by atoms with Crippen LogP contribution in [0, 0.1) is 0 Å². The van der Waals surface area contributed by atoms with Gasteiger partial charge in [-0.15, -0.1) is 0 Å². The summed E-state index contributed by atoms with van der Waals surface area (Å²) in [6.07, 6.45) is 1.86. The quantitative estimate of drug-likeness (QED) is 0.693. The van der Waals surface area contributed by atoms with Crippen LogP contribution < -0.4 is 4.90 Å². The van der Waals surface area contributed by atoms with Crippen LogP contribution >= 0.6 is 0 Å². The highest BCUT2D eigenvalue weighted by atomic mass is 15.3. The molecule has 6 nitrogen and oxygen atoms in total. The van der Waals surface area contributed by atoms with Gasteiger partial charge in [0.05, 0.1) is 11.6 Å². The maximum Gasteiger partial charge on any atom is 0.163 e. The Hall–Kier alpha value is -2.47. The number of benzene rings is 1. The Morgan fingerprint density at radius 3 is 2.19 bits per heavy atom. The summed E-state index contributed by atoms with van der Waals surface area (Å²) in [6.45, 7) is 8.13. The Labute approximate surface area is 161 Å². The summed E-state index contributed by atoms with van der Waals surface area (Å²) in [5.74, 6) is 1.76. The molecule has 0 spiro atoms. The first-order chi connectivity index (χ1) is 12.7. The first kappa shape index (κ1) is 19.3. The monoisotopic (exact) mass is 366 g/mol. The van der Waals surface area contributed by atoms with E-state index in [9.17, 15) is 0 Å². The number of hydrogen-bond acceptors (Lipinski definition) is 5. The second-order valence-corrected chi connectivity index (χ2v) is 8.49. The molecule has 3 rings (SSSR count). The van der Waals surface area contributed by atoms with Crippen molar-refractivity contribution in [3.05, 3.63) is 47.4 Å². The number of nitrogens with zero attached hydrogens (tertiary/aromatic N) is 6. The Morgan fingerprint density at radius 2 is 1.59 bits per heavy atom. The predicted molar refractivity (Wildman–Crippen MR) is 111 cm³/mol. The highest BCUT2D eigenvalue weighted by Crippen LogP contribution is 2.28. The van der Waals surface area contributed by atoms with Gasteiger partial charge < -0.3 is 9.80 Å². The van der Waals surface area contributed by atoms with E-state index in [-0.39, 0.29) is 5.41 Å². The highest BCUT2D eigenvalue weighted by molar-refractivity contribution is 5.87. The first-order valence-corrected chi connectivity index (χ1v) is 9.29. The topological polar surface area (TPSA) is 50.1 Å². The van der Waals surface area contributed by atoms with E-state index in [2.05, 4.69) is 81.1 Å². The van der Waals surface area contributed by atoms with Crippen LogP contribution in [0.5, 0.6) is 0 Å². The summed E-state index contributed by atoms with van der Waals surface area (Å²) in [5.41, 5.74) is 3.39. The molecule has 0 aliphatic rings. The minimum absolute atomic E-state index is 0.128. The van der Waals surface area contributed by atoms with Gasteiger partial charge in [0.2, 0.25) is 0 Å². The summed E-state index contributed by atoms with van der Waals surface area (Å²) in [7, 11) is 8.21. The molecule has 144 valence electrons. The van der Waals surface area contributed by atoms with Gasteiger partial charge in [-0.1, -0.05) is 45.0 Å². The van der Waals surface area contributed by atoms with E-state index in [0.29, 0.717) is 0 Å². The minimum atomic E-state index is -0.128. The lowest BCUT2D eigenvalue weighted by Crippen LogP contribution is -2.23. The van der Waals surface area contributed by atoms with Crippen LogP contribution in [-0.2, 0) is 25.6 Å². The van der Waals surface area contributed by atoms with Crippen molar-refractivity contribution < 1.29 is 0 Å². The number of hydrogen-bond donors (Lipinski definition) is 0. The Morgan fingerprint density at radius 1 is 0.963 bits per heavy atom. The Balaban J connectivity index is 2.03. The van der Waals surface area contributed by atoms with Crippen molar-refractivity contribution in [2.24, 2.45) is 7.05 Å². The zero-order valence-corrected chi connectivity index (χ0v) is 17.5. The van der Waals surface area contributed by atoms with Crippen LogP contribution in [0.25, 0.3) is 11.0 Å². The van der Waals surface area contributed by atoms with Crippen LogP contribution in [0.15, 0.2) is 30.5 Å². The third kappa shape index (κ3) is 4.11. The molecule has 0 fully saturated rings. The van der Waals surface area contributed by atoms with Gasteiger partial charge in [0, 0.05) is 32.6 Å². The Bertz CT molecular complexity index is 935. The van der Waals surface area contributed by atoms with E-state index in [0.717, 1.165) is 35.8 Å².